The standard InChI is InChI=1S/C11H7Cl3N2/c12-9-2-1-3-10(13)8(9)6-7-4-5-15-11(14)16-7/h1-5H,6H2. The van der Waals surface area contributed by atoms with Crippen molar-refractivity contribution in [2.45, 2.75) is 6.42 Å². The van der Waals surface area contributed by atoms with E-state index in [0.717, 1.165) is 11.3 Å². The van der Waals surface area contributed by atoms with E-state index in [-0.39, 0.29) is 5.28 Å². The van der Waals surface area contributed by atoms with Gasteiger partial charge in [0, 0.05) is 28.4 Å². The number of hydrogen-bond donors (Lipinski definition) is 0. The van der Waals surface area contributed by atoms with Crippen LogP contribution < -0.4 is 0 Å². The van der Waals surface area contributed by atoms with Gasteiger partial charge in [0.05, 0.1) is 0 Å². The molecule has 0 spiro atoms. The van der Waals surface area contributed by atoms with Crippen molar-refractivity contribution in [1.82, 2.24) is 9.97 Å². The van der Waals surface area contributed by atoms with Crippen molar-refractivity contribution in [3.8, 4) is 0 Å². The monoisotopic (exact) mass is 272 g/mol. The fourth-order valence-corrected chi connectivity index (χ4v) is 2.05. The van der Waals surface area contributed by atoms with Crippen molar-refractivity contribution in [2.24, 2.45) is 0 Å². The molecule has 0 saturated heterocycles. The second-order valence-electron chi connectivity index (χ2n) is 3.19. The van der Waals surface area contributed by atoms with Crippen LogP contribution in [0.2, 0.25) is 15.3 Å². The third-order valence-electron chi connectivity index (χ3n) is 2.10. The summed E-state index contributed by atoms with van der Waals surface area (Å²) in [5.74, 6) is 0. The molecule has 0 N–H and O–H groups in total. The Kier molecular flexibility index (Phi) is 3.64. The van der Waals surface area contributed by atoms with Gasteiger partial charge in [0.25, 0.3) is 0 Å². The molecule has 16 heavy (non-hydrogen) atoms. The normalized spacial score (nSPS) is 10.4. The summed E-state index contributed by atoms with van der Waals surface area (Å²) in [6.45, 7) is 0. The minimum absolute atomic E-state index is 0.223. The maximum absolute atomic E-state index is 6.06. The highest BCUT2D eigenvalue weighted by Gasteiger charge is 2.07. The second kappa shape index (κ2) is 5.00. The van der Waals surface area contributed by atoms with E-state index in [1.165, 1.54) is 0 Å². The van der Waals surface area contributed by atoms with Crippen LogP contribution in [0.4, 0.5) is 0 Å². The quantitative estimate of drug-likeness (QED) is 0.772. The molecule has 1 aromatic heterocycles. The number of hydrogen-bond acceptors (Lipinski definition) is 2. The lowest BCUT2D eigenvalue weighted by Crippen LogP contribution is -1.95. The minimum atomic E-state index is 0.223. The van der Waals surface area contributed by atoms with Crippen molar-refractivity contribution in [3.05, 3.63) is 57.0 Å². The van der Waals surface area contributed by atoms with Crippen LogP contribution in [0, 0.1) is 0 Å². The summed E-state index contributed by atoms with van der Waals surface area (Å²) in [5, 5.41) is 1.48. The van der Waals surface area contributed by atoms with Crippen LogP contribution in [0.5, 0.6) is 0 Å². The average Bonchev–Trinajstić information content (AvgIpc) is 2.24. The number of benzene rings is 1. The van der Waals surface area contributed by atoms with Gasteiger partial charge in [-0.15, -0.1) is 0 Å². The van der Waals surface area contributed by atoms with Gasteiger partial charge in [-0.25, -0.2) is 9.97 Å². The van der Waals surface area contributed by atoms with Gasteiger partial charge >= 0.3 is 0 Å². The summed E-state index contributed by atoms with van der Waals surface area (Å²) in [6.07, 6.45) is 2.15. The first kappa shape index (κ1) is 11.6. The highest BCUT2D eigenvalue weighted by atomic mass is 35.5. The maximum atomic E-state index is 6.06. The number of aromatic nitrogens is 2. The summed E-state index contributed by atoms with van der Waals surface area (Å²) in [6, 6.07) is 7.18. The van der Waals surface area contributed by atoms with Crippen LogP contribution in [0.3, 0.4) is 0 Å². The Morgan fingerprint density at radius 1 is 1.00 bits per heavy atom. The molecule has 0 radical (unpaired) electrons. The molecule has 82 valence electrons. The lowest BCUT2D eigenvalue weighted by Gasteiger charge is -2.06. The van der Waals surface area contributed by atoms with Crippen LogP contribution in [0.15, 0.2) is 30.5 Å². The molecule has 0 aliphatic heterocycles. The Labute approximate surface area is 108 Å². The third kappa shape index (κ3) is 2.64. The van der Waals surface area contributed by atoms with E-state index in [1.807, 2.05) is 0 Å². The molecule has 2 aromatic rings. The van der Waals surface area contributed by atoms with Gasteiger partial charge in [-0.1, -0.05) is 29.3 Å². The van der Waals surface area contributed by atoms with Gasteiger partial charge in [0.15, 0.2) is 0 Å². The summed E-state index contributed by atoms with van der Waals surface area (Å²) >= 11 is 17.8. The van der Waals surface area contributed by atoms with Crippen molar-refractivity contribution in [3.63, 3.8) is 0 Å². The van der Waals surface area contributed by atoms with E-state index in [9.17, 15) is 0 Å². The van der Waals surface area contributed by atoms with Gasteiger partial charge in [0.1, 0.15) is 0 Å². The lowest BCUT2D eigenvalue weighted by atomic mass is 10.1. The Morgan fingerprint density at radius 2 is 1.69 bits per heavy atom. The van der Waals surface area contributed by atoms with E-state index in [1.54, 1.807) is 30.5 Å². The molecule has 1 heterocycles. The summed E-state index contributed by atoms with van der Waals surface area (Å²) in [4.78, 5) is 7.90. The minimum Gasteiger partial charge on any atom is -0.227 e. The maximum Gasteiger partial charge on any atom is 0.222 e. The Balaban J connectivity index is 2.34. The fourth-order valence-electron chi connectivity index (χ4n) is 1.35. The van der Waals surface area contributed by atoms with Crippen LogP contribution in [0.25, 0.3) is 0 Å². The van der Waals surface area contributed by atoms with Crippen LogP contribution in [-0.2, 0) is 6.42 Å². The molecular weight excluding hydrogens is 266 g/mol. The Bertz CT molecular complexity index is 494. The SMILES string of the molecule is Clc1nccc(Cc2c(Cl)cccc2Cl)n1. The van der Waals surface area contributed by atoms with Gasteiger partial charge in [-0.2, -0.15) is 0 Å². The molecule has 0 bridgehead atoms. The lowest BCUT2D eigenvalue weighted by molar-refractivity contribution is 1.03. The van der Waals surface area contributed by atoms with E-state index in [2.05, 4.69) is 9.97 Å². The first-order chi connectivity index (χ1) is 7.66. The summed E-state index contributed by atoms with van der Waals surface area (Å²) in [7, 11) is 0. The van der Waals surface area contributed by atoms with E-state index in [0.29, 0.717) is 16.5 Å². The van der Waals surface area contributed by atoms with Crippen molar-refractivity contribution >= 4 is 34.8 Å². The molecular formula is C11H7Cl3N2. The molecule has 0 fully saturated rings. The smallest absolute Gasteiger partial charge is 0.222 e. The Hall–Kier alpha value is -0.830. The highest BCUT2D eigenvalue weighted by molar-refractivity contribution is 6.36. The first-order valence-electron chi connectivity index (χ1n) is 4.57. The zero-order valence-corrected chi connectivity index (χ0v) is 10.4. The molecule has 0 aliphatic carbocycles. The van der Waals surface area contributed by atoms with Gasteiger partial charge in [0.2, 0.25) is 5.28 Å². The zero-order chi connectivity index (χ0) is 11.5. The van der Waals surface area contributed by atoms with Crippen molar-refractivity contribution < 1.29 is 0 Å². The van der Waals surface area contributed by atoms with Crippen molar-refractivity contribution in [1.29, 1.82) is 0 Å². The molecule has 2 rings (SSSR count). The zero-order valence-electron chi connectivity index (χ0n) is 8.12. The molecule has 0 saturated carbocycles. The average molecular weight is 274 g/mol. The van der Waals surface area contributed by atoms with Gasteiger partial charge < -0.3 is 0 Å². The van der Waals surface area contributed by atoms with E-state index >= 15 is 0 Å². The predicted molar refractivity (Wildman–Crippen MR) is 66.3 cm³/mol. The van der Waals surface area contributed by atoms with E-state index in [4.69, 9.17) is 34.8 Å². The molecule has 0 unspecified atom stereocenters. The van der Waals surface area contributed by atoms with Gasteiger partial charge in [-0.3, -0.25) is 0 Å². The fraction of sp³-hybridized carbons (Fsp3) is 0.0909. The highest BCUT2D eigenvalue weighted by Crippen LogP contribution is 2.26. The molecule has 0 atom stereocenters. The molecule has 0 amide bonds. The Morgan fingerprint density at radius 3 is 2.31 bits per heavy atom. The molecule has 1 aromatic carbocycles. The summed E-state index contributed by atoms with van der Waals surface area (Å²) < 4.78 is 0. The molecule has 0 aliphatic rings. The van der Waals surface area contributed by atoms with E-state index < -0.39 is 0 Å². The predicted octanol–water partition coefficient (Wildman–Crippen LogP) is 4.03. The third-order valence-corrected chi connectivity index (χ3v) is 2.99. The first-order valence-corrected chi connectivity index (χ1v) is 5.70. The second-order valence-corrected chi connectivity index (χ2v) is 4.35. The number of nitrogens with zero attached hydrogens (tertiary/aromatic N) is 2. The number of halogens is 3. The van der Waals surface area contributed by atoms with Crippen LogP contribution >= 0.6 is 34.8 Å². The van der Waals surface area contributed by atoms with Crippen molar-refractivity contribution in [2.75, 3.05) is 0 Å². The number of rotatable bonds is 2. The molecule has 2 nitrogen and oxygen atoms in total. The topological polar surface area (TPSA) is 25.8 Å². The van der Waals surface area contributed by atoms with Crippen LogP contribution in [-0.4, -0.2) is 9.97 Å². The summed E-state index contributed by atoms with van der Waals surface area (Å²) in [5.41, 5.74) is 1.63. The molecule has 5 heteroatoms. The largest absolute Gasteiger partial charge is 0.227 e. The van der Waals surface area contributed by atoms with Crippen LogP contribution in [0.1, 0.15) is 11.3 Å². The van der Waals surface area contributed by atoms with Gasteiger partial charge in [-0.05, 0) is 35.4 Å².